The fourth-order valence-corrected chi connectivity index (χ4v) is 2.64. The molecule has 5 nitrogen and oxygen atoms in total. The molecule has 20 heavy (non-hydrogen) atoms. The molecule has 0 radical (unpaired) electrons. The van der Waals surface area contributed by atoms with Gasteiger partial charge in [0, 0.05) is 11.9 Å². The highest BCUT2D eigenvalue weighted by Gasteiger charge is 2.05. The van der Waals surface area contributed by atoms with E-state index >= 15 is 0 Å². The molecule has 100 valence electrons. The zero-order valence-corrected chi connectivity index (χ0v) is 11.2. The van der Waals surface area contributed by atoms with Gasteiger partial charge in [-0.15, -0.1) is 0 Å². The van der Waals surface area contributed by atoms with Crippen molar-refractivity contribution in [3.63, 3.8) is 0 Å². The van der Waals surface area contributed by atoms with Gasteiger partial charge in [-0.1, -0.05) is 23.9 Å². The number of aromatic amines is 1. The summed E-state index contributed by atoms with van der Waals surface area (Å²) in [6, 6.07) is 8.72. The summed E-state index contributed by atoms with van der Waals surface area (Å²) in [5.74, 6) is -0.179. The van der Waals surface area contributed by atoms with Crippen LogP contribution in [0.25, 0.3) is 11.0 Å². The number of thioether (sulfide) groups is 1. The van der Waals surface area contributed by atoms with Crippen LogP contribution in [0.3, 0.4) is 0 Å². The highest BCUT2D eigenvalue weighted by molar-refractivity contribution is 7.98. The molecule has 0 fully saturated rings. The first-order chi connectivity index (χ1) is 9.72. The van der Waals surface area contributed by atoms with Crippen molar-refractivity contribution < 1.29 is 9.90 Å². The standard InChI is InChI=1S/C14H11N3O2S/c18-13(19)10-3-1-9(2-4-10)8-20-14-16-11-5-6-15-7-12(11)17-14/h1-7H,8H2,(H,16,17)(H,18,19). The summed E-state index contributed by atoms with van der Waals surface area (Å²) in [6.07, 6.45) is 3.45. The first-order valence-electron chi connectivity index (χ1n) is 5.97. The second kappa shape index (κ2) is 5.34. The van der Waals surface area contributed by atoms with Crippen LogP contribution in [0.1, 0.15) is 15.9 Å². The topological polar surface area (TPSA) is 78.9 Å². The molecule has 0 aliphatic carbocycles. The molecule has 2 heterocycles. The van der Waals surface area contributed by atoms with E-state index in [-0.39, 0.29) is 0 Å². The van der Waals surface area contributed by atoms with Crippen molar-refractivity contribution in [2.45, 2.75) is 10.9 Å². The van der Waals surface area contributed by atoms with Crippen LogP contribution in [-0.4, -0.2) is 26.0 Å². The Morgan fingerprint density at radius 1 is 1.25 bits per heavy atom. The summed E-state index contributed by atoms with van der Waals surface area (Å²) in [5, 5.41) is 9.67. The normalized spacial score (nSPS) is 10.8. The van der Waals surface area contributed by atoms with Crippen LogP contribution in [0.15, 0.2) is 47.9 Å². The summed E-state index contributed by atoms with van der Waals surface area (Å²) < 4.78 is 0. The Morgan fingerprint density at radius 3 is 2.75 bits per heavy atom. The SMILES string of the molecule is O=C(O)c1ccc(CSc2nc3ccncc3[nH]2)cc1. The molecule has 2 N–H and O–H groups in total. The van der Waals surface area contributed by atoms with Crippen LogP contribution >= 0.6 is 11.8 Å². The number of H-pyrrole nitrogens is 1. The number of carbonyl (C=O) groups is 1. The molecule has 3 aromatic rings. The summed E-state index contributed by atoms with van der Waals surface area (Å²) in [7, 11) is 0. The van der Waals surface area contributed by atoms with Crippen molar-refractivity contribution in [1.29, 1.82) is 0 Å². The van der Waals surface area contributed by atoms with Gasteiger partial charge in [-0.05, 0) is 23.8 Å². The largest absolute Gasteiger partial charge is 0.478 e. The van der Waals surface area contributed by atoms with Gasteiger partial charge in [0.2, 0.25) is 0 Å². The van der Waals surface area contributed by atoms with Crippen molar-refractivity contribution in [1.82, 2.24) is 15.0 Å². The van der Waals surface area contributed by atoms with E-state index in [0.29, 0.717) is 5.56 Å². The van der Waals surface area contributed by atoms with Crippen LogP contribution in [0.5, 0.6) is 0 Å². The van der Waals surface area contributed by atoms with Crippen molar-refractivity contribution in [2.75, 3.05) is 0 Å². The second-order valence-electron chi connectivity index (χ2n) is 4.23. The van der Waals surface area contributed by atoms with Gasteiger partial charge in [-0.3, -0.25) is 4.98 Å². The van der Waals surface area contributed by atoms with Gasteiger partial charge >= 0.3 is 5.97 Å². The number of pyridine rings is 1. The van der Waals surface area contributed by atoms with Crippen LogP contribution < -0.4 is 0 Å². The molecule has 3 rings (SSSR count). The minimum absolute atomic E-state index is 0.300. The first kappa shape index (κ1) is 12.7. The third-order valence-corrected chi connectivity index (χ3v) is 3.78. The Morgan fingerprint density at radius 2 is 2.05 bits per heavy atom. The first-order valence-corrected chi connectivity index (χ1v) is 6.96. The number of nitrogens with one attached hydrogen (secondary N) is 1. The van der Waals surface area contributed by atoms with Crippen LogP contribution in [0.4, 0.5) is 0 Å². The Hall–Kier alpha value is -2.34. The number of aromatic carboxylic acids is 1. The predicted octanol–water partition coefficient (Wildman–Crippen LogP) is 2.95. The molecule has 0 aliphatic heterocycles. The molecule has 0 aliphatic rings. The van der Waals surface area contributed by atoms with E-state index < -0.39 is 5.97 Å². The van der Waals surface area contributed by atoms with Gasteiger partial charge in [0.1, 0.15) is 0 Å². The lowest BCUT2D eigenvalue weighted by atomic mass is 10.1. The average Bonchev–Trinajstić information content (AvgIpc) is 2.88. The quantitative estimate of drug-likeness (QED) is 0.720. The summed E-state index contributed by atoms with van der Waals surface area (Å²) >= 11 is 1.57. The van der Waals surface area contributed by atoms with Crippen molar-refractivity contribution in [2.24, 2.45) is 0 Å². The molecule has 0 amide bonds. The Balaban J connectivity index is 1.71. The zero-order chi connectivity index (χ0) is 13.9. The van der Waals surface area contributed by atoms with Gasteiger partial charge in [-0.25, -0.2) is 9.78 Å². The number of imidazole rings is 1. The lowest BCUT2D eigenvalue weighted by molar-refractivity contribution is 0.0697. The summed E-state index contributed by atoms with van der Waals surface area (Å²) in [5.41, 5.74) is 3.16. The fraction of sp³-hybridized carbons (Fsp3) is 0.0714. The summed E-state index contributed by atoms with van der Waals surface area (Å²) in [4.78, 5) is 22.4. The molecule has 0 spiro atoms. The Bertz CT molecular complexity index is 719. The van der Waals surface area contributed by atoms with Crippen LogP contribution in [0, 0.1) is 0 Å². The molecule has 0 atom stereocenters. The van der Waals surface area contributed by atoms with Crippen molar-refractivity contribution in [3.05, 3.63) is 53.9 Å². The molecular weight excluding hydrogens is 274 g/mol. The smallest absolute Gasteiger partial charge is 0.335 e. The number of rotatable bonds is 4. The van der Waals surface area contributed by atoms with Gasteiger partial charge in [0.15, 0.2) is 5.16 Å². The molecule has 0 saturated carbocycles. The molecule has 6 heteroatoms. The van der Waals surface area contributed by atoms with E-state index in [9.17, 15) is 4.79 Å². The van der Waals surface area contributed by atoms with Crippen LogP contribution in [-0.2, 0) is 5.75 Å². The number of aromatic nitrogens is 3. The average molecular weight is 285 g/mol. The van der Waals surface area contributed by atoms with E-state index in [1.807, 2.05) is 18.2 Å². The van der Waals surface area contributed by atoms with Crippen molar-refractivity contribution in [3.8, 4) is 0 Å². The van der Waals surface area contributed by atoms with E-state index in [1.165, 1.54) is 0 Å². The zero-order valence-electron chi connectivity index (χ0n) is 10.4. The summed E-state index contributed by atoms with van der Waals surface area (Å²) in [6.45, 7) is 0. The molecule has 2 aromatic heterocycles. The number of fused-ring (bicyclic) bond motifs is 1. The number of carboxylic acids is 1. The number of nitrogens with zero attached hydrogens (tertiary/aromatic N) is 2. The van der Waals surface area contributed by atoms with E-state index in [2.05, 4.69) is 15.0 Å². The lowest BCUT2D eigenvalue weighted by Gasteiger charge is -2.00. The number of carboxylic acid groups (broad SMARTS) is 1. The predicted molar refractivity (Wildman–Crippen MR) is 76.9 cm³/mol. The van der Waals surface area contributed by atoms with Gasteiger partial charge in [-0.2, -0.15) is 0 Å². The van der Waals surface area contributed by atoms with E-state index in [0.717, 1.165) is 27.5 Å². The van der Waals surface area contributed by atoms with Crippen molar-refractivity contribution >= 4 is 28.8 Å². The highest BCUT2D eigenvalue weighted by atomic mass is 32.2. The third kappa shape index (κ3) is 2.65. The number of benzene rings is 1. The van der Waals surface area contributed by atoms with E-state index in [1.54, 1.807) is 36.3 Å². The molecule has 0 saturated heterocycles. The molecule has 1 aromatic carbocycles. The van der Waals surface area contributed by atoms with E-state index in [4.69, 9.17) is 5.11 Å². The fourth-order valence-electron chi connectivity index (χ4n) is 1.80. The number of hydrogen-bond acceptors (Lipinski definition) is 4. The Labute approximate surface area is 119 Å². The third-order valence-electron chi connectivity index (χ3n) is 2.84. The van der Waals surface area contributed by atoms with Gasteiger partial charge < -0.3 is 10.1 Å². The van der Waals surface area contributed by atoms with Gasteiger partial charge in [0.25, 0.3) is 0 Å². The lowest BCUT2D eigenvalue weighted by Crippen LogP contribution is -1.95. The minimum atomic E-state index is -0.908. The highest BCUT2D eigenvalue weighted by Crippen LogP contribution is 2.22. The maximum atomic E-state index is 10.8. The Kier molecular flexibility index (Phi) is 3.39. The maximum absolute atomic E-state index is 10.8. The van der Waals surface area contributed by atoms with Crippen LogP contribution in [0.2, 0.25) is 0 Å². The second-order valence-corrected chi connectivity index (χ2v) is 5.19. The minimum Gasteiger partial charge on any atom is -0.478 e. The monoisotopic (exact) mass is 285 g/mol. The molecular formula is C14H11N3O2S. The molecule has 0 unspecified atom stereocenters. The number of hydrogen-bond donors (Lipinski definition) is 2. The van der Waals surface area contributed by atoms with Gasteiger partial charge in [0.05, 0.1) is 22.8 Å². The molecule has 0 bridgehead atoms. The maximum Gasteiger partial charge on any atom is 0.335 e.